The van der Waals surface area contributed by atoms with E-state index in [4.69, 9.17) is 16.3 Å². The zero-order chi connectivity index (χ0) is 19.2. The quantitative estimate of drug-likeness (QED) is 0.780. The first-order valence-corrected chi connectivity index (χ1v) is 9.27. The fourth-order valence-electron chi connectivity index (χ4n) is 2.96. The summed E-state index contributed by atoms with van der Waals surface area (Å²) in [5.74, 6) is -0.744. The zero-order valence-electron chi connectivity index (χ0n) is 15.1. The lowest BCUT2D eigenvalue weighted by Crippen LogP contribution is -2.36. The van der Waals surface area contributed by atoms with Gasteiger partial charge >= 0.3 is 0 Å². The Balaban J connectivity index is 1.63. The average molecular weight is 389 g/mol. The maximum atomic E-state index is 13.8. The molecular weight excluding hydrogens is 367 g/mol. The predicted molar refractivity (Wildman–Crippen MR) is 106 cm³/mol. The monoisotopic (exact) mass is 388 g/mol. The number of carbonyl (C=O) groups is 1. The minimum absolute atomic E-state index is 0.168. The van der Waals surface area contributed by atoms with E-state index in [1.807, 2.05) is 19.1 Å². The van der Waals surface area contributed by atoms with Gasteiger partial charge in [0, 0.05) is 35.4 Å². The number of hydrogen-bond donors (Lipinski definition) is 1. The van der Waals surface area contributed by atoms with Gasteiger partial charge < -0.3 is 15.0 Å². The Morgan fingerprint density at radius 1 is 1.26 bits per heavy atom. The van der Waals surface area contributed by atoms with Gasteiger partial charge in [0.2, 0.25) is 5.91 Å². The summed E-state index contributed by atoms with van der Waals surface area (Å²) >= 11 is 5.73. The Morgan fingerprint density at radius 3 is 2.78 bits per heavy atom. The topological polar surface area (TPSA) is 41.6 Å². The maximum absolute atomic E-state index is 13.8. The van der Waals surface area contributed by atoms with E-state index in [0.717, 1.165) is 37.6 Å². The highest BCUT2D eigenvalue weighted by atomic mass is 35.5. The van der Waals surface area contributed by atoms with Gasteiger partial charge in [0.15, 0.2) is 0 Å². The molecule has 0 bridgehead atoms. The lowest BCUT2D eigenvalue weighted by atomic mass is 10.1. The second-order valence-electron chi connectivity index (χ2n) is 6.42. The van der Waals surface area contributed by atoms with Crippen LogP contribution in [0.2, 0.25) is 5.02 Å². The van der Waals surface area contributed by atoms with E-state index in [2.05, 4.69) is 22.3 Å². The first-order chi connectivity index (χ1) is 13.0. The lowest BCUT2D eigenvalue weighted by Gasteiger charge is -2.29. The van der Waals surface area contributed by atoms with E-state index in [1.54, 1.807) is 6.07 Å². The molecule has 1 saturated heterocycles. The molecule has 1 atom stereocenters. The van der Waals surface area contributed by atoms with Crippen molar-refractivity contribution >= 4 is 29.3 Å². The molecule has 1 amide bonds. The maximum Gasteiger partial charge on any atom is 0.244 e. The number of rotatable bonds is 5. The van der Waals surface area contributed by atoms with E-state index >= 15 is 0 Å². The van der Waals surface area contributed by atoms with E-state index in [1.165, 1.54) is 24.3 Å². The van der Waals surface area contributed by atoms with Crippen molar-refractivity contribution in [3.8, 4) is 0 Å². The Labute approximate surface area is 163 Å². The first-order valence-electron chi connectivity index (χ1n) is 8.89. The molecule has 2 aromatic rings. The number of carbonyl (C=O) groups excluding carboxylic acids is 1. The first kappa shape index (κ1) is 19.4. The van der Waals surface area contributed by atoms with Crippen molar-refractivity contribution in [1.82, 2.24) is 5.32 Å². The van der Waals surface area contributed by atoms with Crippen molar-refractivity contribution < 1.29 is 13.9 Å². The van der Waals surface area contributed by atoms with Crippen LogP contribution in [0.3, 0.4) is 0 Å². The van der Waals surface area contributed by atoms with Gasteiger partial charge in [-0.3, -0.25) is 4.79 Å². The van der Waals surface area contributed by atoms with Gasteiger partial charge in [0.25, 0.3) is 0 Å². The van der Waals surface area contributed by atoms with Crippen LogP contribution in [0.25, 0.3) is 6.08 Å². The molecule has 0 aliphatic carbocycles. The molecule has 27 heavy (non-hydrogen) atoms. The standard InChI is InChI=1S/C21H22ClFN2O2/c1-15(17-3-2-4-19(13-17)25-9-11-27-12-10-25)24-21(26)8-6-16-5-7-18(22)14-20(16)23/h2-8,13-15H,9-12H2,1H3,(H,24,26)/t15-/m0/s1. The van der Waals surface area contributed by atoms with Crippen LogP contribution in [0.15, 0.2) is 48.5 Å². The molecule has 2 aromatic carbocycles. The summed E-state index contributed by atoms with van der Waals surface area (Å²) in [4.78, 5) is 14.5. The summed E-state index contributed by atoms with van der Waals surface area (Å²) in [5, 5.41) is 3.23. The fourth-order valence-corrected chi connectivity index (χ4v) is 3.12. The molecule has 0 spiro atoms. The van der Waals surface area contributed by atoms with Crippen LogP contribution in [-0.2, 0) is 9.53 Å². The van der Waals surface area contributed by atoms with E-state index in [-0.39, 0.29) is 11.9 Å². The van der Waals surface area contributed by atoms with Crippen molar-refractivity contribution in [2.75, 3.05) is 31.2 Å². The van der Waals surface area contributed by atoms with Crippen LogP contribution in [0.5, 0.6) is 0 Å². The number of benzene rings is 2. The Bertz CT molecular complexity index is 835. The molecule has 0 unspecified atom stereocenters. The molecule has 0 saturated carbocycles. The van der Waals surface area contributed by atoms with E-state index in [0.29, 0.717) is 10.6 Å². The van der Waals surface area contributed by atoms with Crippen LogP contribution >= 0.6 is 11.6 Å². The van der Waals surface area contributed by atoms with Gasteiger partial charge in [-0.2, -0.15) is 0 Å². The molecule has 1 aliphatic heterocycles. The summed E-state index contributed by atoms with van der Waals surface area (Å²) in [7, 11) is 0. The Hall–Kier alpha value is -2.37. The number of nitrogens with one attached hydrogen (secondary N) is 1. The third-order valence-corrected chi connectivity index (χ3v) is 4.72. The summed E-state index contributed by atoms with van der Waals surface area (Å²) in [5.41, 5.74) is 2.45. The normalized spacial score (nSPS) is 15.7. The molecular formula is C21H22ClFN2O2. The predicted octanol–water partition coefficient (Wildman–Crippen LogP) is 4.21. The Morgan fingerprint density at radius 2 is 2.04 bits per heavy atom. The van der Waals surface area contributed by atoms with E-state index in [9.17, 15) is 9.18 Å². The van der Waals surface area contributed by atoms with Crippen molar-refractivity contribution in [3.63, 3.8) is 0 Å². The molecule has 1 fully saturated rings. The van der Waals surface area contributed by atoms with Crippen molar-refractivity contribution in [1.29, 1.82) is 0 Å². The largest absolute Gasteiger partial charge is 0.378 e. The second kappa shape index (κ2) is 9.02. The Kier molecular flexibility index (Phi) is 6.48. The van der Waals surface area contributed by atoms with Gasteiger partial charge in [-0.1, -0.05) is 29.8 Å². The van der Waals surface area contributed by atoms with Crippen molar-refractivity contribution in [2.45, 2.75) is 13.0 Å². The van der Waals surface area contributed by atoms with Gasteiger partial charge in [-0.25, -0.2) is 4.39 Å². The summed E-state index contributed by atoms with van der Waals surface area (Å²) in [6.45, 7) is 5.09. The van der Waals surface area contributed by atoms with Crippen LogP contribution < -0.4 is 10.2 Å². The zero-order valence-corrected chi connectivity index (χ0v) is 15.9. The minimum Gasteiger partial charge on any atom is -0.378 e. The smallest absolute Gasteiger partial charge is 0.244 e. The third-order valence-electron chi connectivity index (χ3n) is 4.48. The highest BCUT2D eigenvalue weighted by Gasteiger charge is 2.14. The van der Waals surface area contributed by atoms with Crippen LogP contribution in [-0.4, -0.2) is 32.2 Å². The number of nitrogens with zero attached hydrogens (tertiary/aromatic N) is 1. The number of amides is 1. The molecule has 0 aromatic heterocycles. The van der Waals surface area contributed by atoms with Gasteiger partial charge in [0.1, 0.15) is 5.82 Å². The number of ether oxygens (including phenoxy) is 1. The molecule has 1 aliphatic rings. The number of hydrogen-bond acceptors (Lipinski definition) is 3. The van der Waals surface area contributed by atoms with Gasteiger partial charge in [0.05, 0.1) is 19.3 Å². The van der Waals surface area contributed by atoms with Gasteiger partial charge in [-0.15, -0.1) is 0 Å². The molecule has 3 rings (SSSR count). The number of morpholine rings is 1. The molecule has 1 N–H and O–H groups in total. The summed E-state index contributed by atoms with van der Waals surface area (Å²) < 4.78 is 19.2. The lowest BCUT2D eigenvalue weighted by molar-refractivity contribution is -0.117. The minimum atomic E-state index is -0.460. The number of halogens is 2. The highest BCUT2D eigenvalue weighted by Crippen LogP contribution is 2.22. The summed E-state index contributed by atoms with van der Waals surface area (Å²) in [6, 6.07) is 12.3. The third kappa shape index (κ3) is 5.31. The SMILES string of the molecule is C[C@H](NC(=O)C=Cc1ccc(Cl)cc1F)c1cccc(N2CCOCC2)c1. The van der Waals surface area contributed by atoms with E-state index < -0.39 is 5.82 Å². The van der Waals surface area contributed by atoms with Crippen molar-refractivity contribution in [2.24, 2.45) is 0 Å². The molecule has 0 radical (unpaired) electrons. The molecule has 142 valence electrons. The average Bonchev–Trinajstić information content (AvgIpc) is 2.68. The summed E-state index contributed by atoms with van der Waals surface area (Å²) in [6.07, 6.45) is 2.77. The number of anilines is 1. The molecule has 6 heteroatoms. The fraction of sp³-hybridized carbons (Fsp3) is 0.286. The van der Waals surface area contributed by atoms with Crippen molar-refractivity contribution in [3.05, 3.63) is 70.5 Å². The molecule has 4 nitrogen and oxygen atoms in total. The van der Waals surface area contributed by atoms with Crippen LogP contribution in [0.4, 0.5) is 10.1 Å². The van der Waals surface area contributed by atoms with Gasteiger partial charge in [-0.05, 0) is 42.8 Å². The van der Waals surface area contributed by atoms with Crippen LogP contribution in [0, 0.1) is 5.82 Å². The highest BCUT2D eigenvalue weighted by molar-refractivity contribution is 6.30. The molecule has 1 heterocycles. The second-order valence-corrected chi connectivity index (χ2v) is 6.86. The van der Waals surface area contributed by atoms with Crippen LogP contribution in [0.1, 0.15) is 24.1 Å².